The smallest absolute Gasteiger partial charge is 0.255 e. The van der Waals surface area contributed by atoms with Crippen LogP contribution in [-0.4, -0.2) is 20.0 Å². The minimum Gasteiger partial charge on any atom is -0.377 e. The number of nitrogens with zero attached hydrogens (tertiary/aromatic N) is 1. The highest BCUT2D eigenvalue weighted by molar-refractivity contribution is 9.10. The van der Waals surface area contributed by atoms with Crippen LogP contribution in [0.1, 0.15) is 15.9 Å². The molecule has 104 valence electrons. The van der Waals surface area contributed by atoms with E-state index in [-0.39, 0.29) is 5.91 Å². The van der Waals surface area contributed by atoms with E-state index in [2.05, 4.69) is 21.2 Å². The van der Waals surface area contributed by atoms with Gasteiger partial charge in [0.1, 0.15) is 0 Å². The molecular formula is C16H17BrN2O. The maximum absolute atomic E-state index is 12.2. The predicted molar refractivity (Wildman–Crippen MR) is 87.6 cm³/mol. The maximum Gasteiger partial charge on any atom is 0.255 e. The van der Waals surface area contributed by atoms with E-state index < -0.39 is 0 Å². The number of amides is 1. The number of aryl methyl sites for hydroxylation is 1. The Morgan fingerprint density at radius 2 is 1.75 bits per heavy atom. The average molecular weight is 333 g/mol. The Balaban J connectivity index is 2.17. The summed E-state index contributed by atoms with van der Waals surface area (Å²) < 4.78 is 0.988. The van der Waals surface area contributed by atoms with Crippen LogP contribution in [0.3, 0.4) is 0 Å². The van der Waals surface area contributed by atoms with Gasteiger partial charge in [-0.2, -0.15) is 0 Å². The van der Waals surface area contributed by atoms with Crippen molar-refractivity contribution < 1.29 is 4.79 Å². The average Bonchev–Trinajstić information content (AvgIpc) is 2.40. The highest BCUT2D eigenvalue weighted by atomic mass is 79.9. The number of nitrogens with one attached hydrogen (secondary N) is 1. The molecule has 0 atom stereocenters. The van der Waals surface area contributed by atoms with Crippen molar-refractivity contribution in [2.24, 2.45) is 0 Å². The molecule has 2 aromatic carbocycles. The summed E-state index contributed by atoms with van der Waals surface area (Å²) >= 11 is 3.37. The van der Waals surface area contributed by atoms with Crippen LogP contribution in [0, 0.1) is 6.92 Å². The van der Waals surface area contributed by atoms with E-state index >= 15 is 0 Å². The van der Waals surface area contributed by atoms with E-state index in [0.717, 1.165) is 21.4 Å². The molecule has 0 aliphatic heterocycles. The Kier molecular flexibility index (Phi) is 4.45. The second-order valence-electron chi connectivity index (χ2n) is 4.86. The number of rotatable bonds is 3. The van der Waals surface area contributed by atoms with Gasteiger partial charge in [0.2, 0.25) is 0 Å². The maximum atomic E-state index is 12.2. The zero-order chi connectivity index (χ0) is 14.7. The molecule has 0 heterocycles. The third-order valence-corrected chi connectivity index (χ3v) is 3.57. The van der Waals surface area contributed by atoms with Crippen LogP contribution >= 0.6 is 15.9 Å². The Hall–Kier alpha value is -1.81. The van der Waals surface area contributed by atoms with Gasteiger partial charge in [-0.3, -0.25) is 4.79 Å². The highest BCUT2D eigenvalue weighted by Crippen LogP contribution is 2.20. The van der Waals surface area contributed by atoms with Crippen LogP contribution in [0.15, 0.2) is 46.9 Å². The van der Waals surface area contributed by atoms with Gasteiger partial charge in [0, 0.05) is 35.5 Å². The number of carbonyl (C=O) groups excluding carboxylic acids is 1. The number of benzene rings is 2. The van der Waals surface area contributed by atoms with Crippen LogP contribution in [0.2, 0.25) is 0 Å². The number of hydrogen-bond donors (Lipinski definition) is 1. The first-order chi connectivity index (χ1) is 9.47. The minimum absolute atomic E-state index is 0.0965. The Labute approximate surface area is 127 Å². The molecule has 0 unspecified atom stereocenters. The normalized spacial score (nSPS) is 10.2. The van der Waals surface area contributed by atoms with Gasteiger partial charge in [-0.25, -0.2) is 0 Å². The first-order valence-corrected chi connectivity index (χ1v) is 7.11. The molecule has 0 aliphatic carbocycles. The molecule has 0 bridgehead atoms. The fourth-order valence-corrected chi connectivity index (χ4v) is 2.30. The lowest BCUT2D eigenvalue weighted by Crippen LogP contribution is -2.14. The molecule has 20 heavy (non-hydrogen) atoms. The van der Waals surface area contributed by atoms with Gasteiger partial charge in [0.25, 0.3) is 5.91 Å². The van der Waals surface area contributed by atoms with Crippen LogP contribution in [0.5, 0.6) is 0 Å². The lowest BCUT2D eigenvalue weighted by Gasteiger charge is -2.16. The summed E-state index contributed by atoms with van der Waals surface area (Å²) in [6, 6.07) is 13.2. The van der Waals surface area contributed by atoms with Crippen LogP contribution in [0.4, 0.5) is 11.4 Å². The Morgan fingerprint density at radius 3 is 2.30 bits per heavy atom. The molecule has 0 radical (unpaired) electrons. The topological polar surface area (TPSA) is 32.3 Å². The predicted octanol–water partition coefficient (Wildman–Crippen LogP) is 4.08. The van der Waals surface area contributed by atoms with E-state index in [1.54, 1.807) is 0 Å². The van der Waals surface area contributed by atoms with Gasteiger partial charge in [0.15, 0.2) is 0 Å². The fourth-order valence-electron chi connectivity index (χ4n) is 2.03. The van der Waals surface area contributed by atoms with Crippen molar-refractivity contribution in [3.8, 4) is 0 Å². The van der Waals surface area contributed by atoms with Crippen molar-refractivity contribution in [3.63, 3.8) is 0 Å². The van der Waals surface area contributed by atoms with E-state index in [1.807, 2.05) is 68.4 Å². The minimum atomic E-state index is -0.0965. The van der Waals surface area contributed by atoms with Gasteiger partial charge >= 0.3 is 0 Å². The third-order valence-electron chi connectivity index (χ3n) is 3.04. The molecular weight excluding hydrogens is 316 g/mol. The second-order valence-corrected chi connectivity index (χ2v) is 5.77. The summed E-state index contributed by atoms with van der Waals surface area (Å²) in [5, 5.41) is 2.89. The molecule has 1 amide bonds. The van der Waals surface area contributed by atoms with Gasteiger partial charge < -0.3 is 10.2 Å². The molecule has 0 aromatic heterocycles. The molecule has 0 saturated heterocycles. The summed E-state index contributed by atoms with van der Waals surface area (Å²) in [5.41, 5.74) is 3.65. The zero-order valence-corrected chi connectivity index (χ0v) is 13.4. The fraction of sp³-hybridized carbons (Fsp3) is 0.188. The quantitative estimate of drug-likeness (QED) is 0.918. The molecule has 2 aromatic rings. The monoisotopic (exact) mass is 332 g/mol. The van der Waals surface area contributed by atoms with Crippen molar-refractivity contribution in [2.45, 2.75) is 6.92 Å². The molecule has 3 nitrogen and oxygen atoms in total. The number of anilines is 2. The highest BCUT2D eigenvalue weighted by Gasteiger charge is 2.09. The SMILES string of the molecule is Cc1cc(C(=O)Nc2ccc(Br)cc2)ccc1N(C)C. The zero-order valence-electron chi connectivity index (χ0n) is 11.8. The number of hydrogen-bond acceptors (Lipinski definition) is 2. The number of halogens is 1. The first-order valence-electron chi connectivity index (χ1n) is 6.32. The van der Waals surface area contributed by atoms with E-state index in [4.69, 9.17) is 0 Å². The summed E-state index contributed by atoms with van der Waals surface area (Å²) in [5.74, 6) is -0.0965. The first kappa shape index (κ1) is 14.6. The molecule has 2 rings (SSSR count). The lowest BCUT2D eigenvalue weighted by atomic mass is 10.1. The summed E-state index contributed by atoms with van der Waals surface area (Å²) in [7, 11) is 3.98. The van der Waals surface area contributed by atoms with E-state index in [9.17, 15) is 4.79 Å². The van der Waals surface area contributed by atoms with E-state index in [1.165, 1.54) is 0 Å². The second kappa shape index (κ2) is 6.09. The van der Waals surface area contributed by atoms with Crippen molar-refractivity contribution >= 4 is 33.2 Å². The molecule has 0 saturated carbocycles. The Bertz CT molecular complexity index is 621. The van der Waals surface area contributed by atoms with Crippen LogP contribution < -0.4 is 10.2 Å². The molecule has 4 heteroatoms. The third kappa shape index (κ3) is 3.39. The van der Waals surface area contributed by atoms with Crippen molar-refractivity contribution in [2.75, 3.05) is 24.3 Å². The van der Waals surface area contributed by atoms with Gasteiger partial charge in [-0.1, -0.05) is 15.9 Å². The van der Waals surface area contributed by atoms with Gasteiger partial charge in [-0.15, -0.1) is 0 Å². The van der Waals surface area contributed by atoms with E-state index in [0.29, 0.717) is 5.56 Å². The summed E-state index contributed by atoms with van der Waals surface area (Å²) in [6.45, 7) is 2.01. The molecule has 1 N–H and O–H groups in total. The van der Waals surface area contributed by atoms with Gasteiger partial charge in [-0.05, 0) is 55.0 Å². The van der Waals surface area contributed by atoms with Crippen molar-refractivity contribution in [1.29, 1.82) is 0 Å². The standard InChI is InChI=1S/C16H17BrN2O/c1-11-10-12(4-9-15(11)19(2)3)16(20)18-14-7-5-13(17)6-8-14/h4-10H,1-3H3,(H,18,20). The molecule has 0 spiro atoms. The van der Waals surface area contributed by atoms with Crippen LogP contribution in [0.25, 0.3) is 0 Å². The number of carbonyl (C=O) groups is 1. The lowest BCUT2D eigenvalue weighted by molar-refractivity contribution is 0.102. The largest absolute Gasteiger partial charge is 0.377 e. The Morgan fingerprint density at radius 1 is 1.10 bits per heavy atom. The van der Waals surface area contributed by atoms with Crippen molar-refractivity contribution in [1.82, 2.24) is 0 Å². The van der Waals surface area contributed by atoms with Crippen LogP contribution in [-0.2, 0) is 0 Å². The van der Waals surface area contributed by atoms with Gasteiger partial charge in [0.05, 0.1) is 0 Å². The summed E-state index contributed by atoms with van der Waals surface area (Å²) in [6.07, 6.45) is 0. The van der Waals surface area contributed by atoms with Crippen molar-refractivity contribution in [3.05, 3.63) is 58.1 Å². The molecule has 0 aliphatic rings. The summed E-state index contributed by atoms with van der Waals surface area (Å²) in [4.78, 5) is 14.2. The molecule has 0 fully saturated rings.